The Kier molecular flexibility index (Phi) is 6.79. The number of aliphatic hydroxyl groups is 1. The van der Waals surface area contributed by atoms with Gasteiger partial charge in [0.05, 0.1) is 22.0 Å². The number of halogens is 1. The van der Waals surface area contributed by atoms with Crippen LogP contribution in [0.2, 0.25) is 5.02 Å². The number of aliphatic imine (C=N–C) groups is 1. The van der Waals surface area contributed by atoms with Crippen molar-refractivity contribution in [2.24, 2.45) is 4.99 Å². The summed E-state index contributed by atoms with van der Waals surface area (Å²) in [5.41, 5.74) is 4.98. The van der Waals surface area contributed by atoms with E-state index in [9.17, 15) is 9.90 Å². The molecule has 7 nitrogen and oxygen atoms in total. The largest absolute Gasteiger partial charge is 0.355 e. The van der Waals surface area contributed by atoms with Crippen LogP contribution in [0.15, 0.2) is 41.9 Å². The average Bonchev–Trinajstić information content (AvgIpc) is 3.73. The zero-order valence-electron chi connectivity index (χ0n) is 21.2. The number of carbonyl (C=O) groups is 1. The summed E-state index contributed by atoms with van der Waals surface area (Å²) in [5.74, 6) is 1.67. The summed E-state index contributed by atoms with van der Waals surface area (Å²) in [6, 6.07) is 8.27. The van der Waals surface area contributed by atoms with E-state index in [1.165, 1.54) is 6.08 Å². The van der Waals surface area contributed by atoms with Crippen LogP contribution in [-0.4, -0.2) is 63.7 Å². The monoisotopic (exact) mass is 507 g/mol. The molecule has 2 aromatic rings. The molecule has 0 bridgehead atoms. The van der Waals surface area contributed by atoms with Gasteiger partial charge in [-0.1, -0.05) is 50.2 Å². The number of benzene rings is 1. The fraction of sp³-hybridized carbons (Fsp3) is 0.464. The third-order valence-corrected chi connectivity index (χ3v) is 7.78. The molecule has 2 aliphatic heterocycles. The van der Waals surface area contributed by atoms with Crippen LogP contribution in [0.25, 0.3) is 0 Å². The molecule has 3 heterocycles. The van der Waals surface area contributed by atoms with Gasteiger partial charge in [-0.2, -0.15) is 0 Å². The van der Waals surface area contributed by atoms with Crippen molar-refractivity contribution in [2.75, 3.05) is 24.5 Å². The van der Waals surface area contributed by atoms with Crippen LogP contribution in [0.4, 0.5) is 11.5 Å². The lowest BCUT2D eigenvalue weighted by molar-refractivity contribution is -0.128. The molecule has 2 fully saturated rings. The highest BCUT2D eigenvalue weighted by atomic mass is 35.5. The number of para-hydroxylation sites is 1. The highest BCUT2D eigenvalue weighted by molar-refractivity contribution is 6.32. The predicted octanol–water partition coefficient (Wildman–Crippen LogP) is 4.63. The molecule has 36 heavy (non-hydrogen) atoms. The molecule has 190 valence electrons. The first kappa shape index (κ1) is 24.8. The quantitative estimate of drug-likeness (QED) is 0.597. The van der Waals surface area contributed by atoms with Gasteiger partial charge in [0.15, 0.2) is 0 Å². The summed E-state index contributed by atoms with van der Waals surface area (Å²) in [6.07, 6.45) is 4.06. The summed E-state index contributed by atoms with van der Waals surface area (Å²) in [4.78, 5) is 28.0. The number of anilines is 2. The molecule has 1 unspecified atom stereocenters. The lowest BCUT2D eigenvalue weighted by Gasteiger charge is -2.44. The lowest BCUT2D eigenvalue weighted by Crippen LogP contribution is -2.56. The van der Waals surface area contributed by atoms with Crippen molar-refractivity contribution in [1.29, 1.82) is 0 Å². The number of hydrogen-bond acceptors (Lipinski definition) is 6. The fourth-order valence-corrected chi connectivity index (χ4v) is 5.71. The number of aliphatic hydroxyl groups excluding tert-OH is 1. The molecule has 2 atom stereocenters. The zero-order valence-corrected chi connectivity index (χ0v) is 22.0. The summed E-state index contributed by atoms with van der Waals surface area (Å²) in [7, 11) is 0. The molecular formula is C28H34ClN5O2. The number of amidine groups is 1. The van der Waals surface area contributed by atoms with Gasteiger partial charge in [-0.25, -0.2) is 9.98 Å². The number of fused-ring (bicyclic) bond motifs is 1. The number of amides is 1. The second-order valence-electron chi connectivity index (χ2n) is 9.83. The first-order chi connectivity index (χ1) is 17.4. The summed E-state index contributed by atoms with van der Waals surface area (Å²) >= 11 is 6.79. The number of hydrogen-bond donors (Lipinski definition) is 1. The van der Waals surface area contributed by atoms with Gasteiger partial charge < -0.3 is 14.9 Å². The van der Waals surface area contributed by atoms with Crippen LogP contribution >= 0.6 is 11.6 Å². The highest BCUT2D eigenvalue weighted by Gasteiger charge is 2.39. The van der Waals surface area contributed by atoms with Crippen LogP contribution in [-0.2, 0) is 17.6 Å². The van der Waals surface area contributed by atoms with E-state index in [0.29, 0.717) is 42.2 Å². The second-order valence-corrected chi connectivity index (χ2v) is 10.2. The number of rotatable bonds is 5. The van der Waals surface area contributed by atoms with Gasteiger partial charge in [-0.15, -0.1) is 0 Å². The van der Waals surface area contributed by atoms with Crippen LogP contribution in [0.3, 0.4) is 0 Å². The Bertz CT molecular complexity index is 1200. The van der Waals surface area contributed by atoms with E-state index in [4.69, 9.17) is 21.6 Å². The number of carbonyl (C=O) groups excluding carboxylic acids is 1. The minimum Gasteiger partial charge on any atom is -0.355 e. The van der Waals surface area contributed by atoms with Gasteiger partial charge >= 0.3 is 0 Å². The average molecular weight is 508 g/mol. The van der Waals surface area contributed by atoms with Crippen molar-refractivity contribution < 1.29 is 9.90 Å². The van der Waals surface area contributed by atoms with Crippen LogP contribution in [0.1, 0.15) is 61.9 Å². The third kappa shape index (κ3) is 4.28. The molecule has 1 saturated heterocycles. The molecule has 0 radical (unpaired) electrons. The molecule has 0 spiro atoms. The van der Waals surface area contributed by atoms with Crippen LogP contribution in [0.5, 0.6) is 0 Å². The van der Waals surface area contributed by atoms with E-state index < -0.39 is 6.35 Å². The number of pyridine rings is 1. The van der Waals surface area contributed by atoms with Crippen molar-refractivity contribution in [3.05, 3.63) is 64.3 Å². The van der Waals surface area contributed by atoms with Crippen molar-refractivity contribution in [1.82, 2.24) is 14.8 Å². The third-order valence-electron chi connectivity index (χ3n) is 7.48. The Morgan fingerprint density at radius 3 is 2.50 bits per heavy atom. The molecule has 1 aromatic heterocycles. The normalized spacial score (nSPS) is 21.8. The molecule has 5 rings (SSSR count). The summed E-state index contributed by atoms with van der Waals surface area (Å²) in [6.45, 7) is 11.7. The summed E-state index contributed by atoms with van der Waals surface area (Å²) < 4.78 is 0. The van der Waals surface area contributed by atoms with Gasteiger partial charge in [0.25, 0.3) is 0 Å². The molecule has 8 heteroatoms. The van der Waals surface area contributed by atoms with Gasteiger partial charge in [0.1, 0.15) is 11.7 Å². The first-order valence-corrected chi connectivity index (χ1v) is 13.3. The van der Waals surface area contributed by atoms with E-state index >= 15 is 0 Å². The maximum Gasteiger partial charge on any atom is 0.246 e. The van der Waals surface area contributed by atoms with Gasteiger partial charge in [0, 0.05) is 31.6 Å². The Labute approximate surface area is 218 Å². The SMILES string of the molecule is C=CC(=O)N1CCN(C2=NC(O)N(c3c(CC)cccc3CC)c3nc(C4CC4)c(Cl)cc32)[C@@H](C)C1. The molecule has 1 aromatic carbocycles. The number of piperazine rings is 1. The summed E-state index contributed by atoms with van der Waals surface area (Å²) in [5, 5.41) is 12.2. The smallest absolute Gasteiger partial charge is 0.246 e. The first-order valence-electron chi connectivity index (χ1n) is 12.9. The molecule has 3 aliphatic rings. The second kappa shape index (κ2) is 9.87. The highest BCUT2D eigenvalue weighted by Crippen LogP contribution is 2.46. The van der Waals surface area contributed by atoms with Crippen molar-refractivity contribution in [2.45, 2.75) is 64.8 Å². The molecule has 1 aliphatic carbocycles. The number of aryl methyl sites for hydroxylation is 2. The van der Waals surface area contributed by atoms with Gasteiger partial charge in [0.2, 0.25) is 12.3 Å². The van der Waals surface area contributed by atoms with Crippen molar-refractivity contribution in [3.8, 4) is 0 Å². The van der Waals surface area contributed by atoms with E-state index in [2.05, 4.69) is 50.4 Å². The predicted molar refractivity (Wildman–Crippen MR) is 144 cm³/mol. The Morgan fingerprint density at radius 1 is 1.22 bits per heavy atom. The lowest BCUT2D eigenvalue weighted by atomic mass is 10.00. The number of aromatic nitrogens is 1. The van der Waals surface area contributed by atoms with E-state index in [1.54, 1.807) is 4.90 Å². The van der Waals surface area contributed by atoms with Crippen molar-refractivity contribution >= 4 is 34.8 Å². The Hall–Kier alpha value is -2.90. The minimum absolute atomic E-state index is 0.00372. The maximum atomic E-state index is 12.2. The van der Waals surface area contributed by atoms with Crippen molar-refractivity contribution in [3.63, 3.8) is 0 Å². The zero-order chi connectivity index (χ0) is 25.6. The van der Waals surface area contributed by atoms with E-state index in [1.807, 2.05) is 11.0 Å². The molecular weight excluding hydrogens is 474 g/mol. The Morgan fingerprint density at radius 2 is 1.92 bits per heavy atom. The maximum absolute atomic E-state index is 12.2. The molecule has 1 saturated carbocycles. The van der Waals surface area contributed by atoms with Crippen LogP contribution in [0, 0.1) is 0 Å². The fourth-order valence-electron chi connectivity index (χ4n) is 5.41. The van der Waals surface area contributed by atoms with Crippen LogP contribution < -0.4 is 4.90 Å². The molecule has 1 N–H and O–H groups in total. The number of nitrogens with zero attached hydrogens (tertiary/aromatic N) is 5. The van der Waals surface area contributed by atoms with Gasteiger partial charge in [-0.05, 0) is 55.9 Å². The van der Waals surface area contributed by atoms with Gasteiger partial charge in [-0.3, -0.25) is 9.69 Å². The van der Waals surface area contributed by atoms with E-state index in [-0.39, 0.29) is 11.9 Å². The standard InChI is InChI=1S/C28H34ClN5O2/c1-5-18-9-8-10-19(6-2)25(18)34-27-21(15-22(29)24(30-27)20-11-12-20)26(31-28(34)36)33-14-13-32(16-17(33)4)23(35)7-3/h7-10,15,17,20,28,36H,3,5-6,11-14,16H2,1-2,4H3/t17-,28?/m0/s1. The van der Waals surface area contributed by atoms with E-state index in [0.717, 1.165) is 53.8 Å². The minimum atomic E-state index is -1.12. The topological polar surface area (TPSA) is 72.3 Å². The molecule has 1 amide bonds. The Balaban J connectivity index is 1.63.